The first-order chi connectivity index (χ1) is 28.0. The Bertz CT molecular complexity index is 1180. The highest BCUT2D eigenvalue weighted by Crippen LogP contribution is 2.12. The maximum Gasteiger partial charge on any atom is 0.309 e. The summed E-state index contributed by atoms with van der Waals surface area (Å²) in [7, 11) is 0. The monoisotopic (exact) mass is 791 g/mol. The van der Waals surface area contributed by atoms with Crippen LogP contribution in [0.5, 0.6) is 0 Å². The minimum atomic E-state index is -0.825. The summed E-state index contributed by atoms with van der Waals surface area (Å²) in [6.07, 6.45) is 58.5. The summed E-state index contributed by atoms with van der Waals surface area (Å²) in [5.74, 6) is -1.09. The van der Waals surface area contributed by atoms with Crippen LogP contribution >= 0.6 is 0 Å². The third-order valence-electron chi connectivity index (χ3n) is 9.17. The van der Waals surface area contributed by atoms with Crippen LogP contribution in [0.2, 0.25) is 0 Å². The highest BCUT2D eigenvalue weighted by atomic mass is 16.6. The van der Waals surface area contributed by atoms with Gasteiger partial charge in [0.1, 0.15) is 13.2 Å². The number of unbranched alkanes of at least 4 members (excludes halogenated alkanes) is 16. The van der Waals surface area contributed by atoms with E-state index in [0.29, 0.717) is 12.8 Å². The third kappa shape index (κ3) is 43.3. The molecule has 1 atom stereocenters. The van der Waals surface area contributed by atoms with Gasteiger partial charge < -0.3 is 14.2 Å². The molecule has 0 aromatic rings. The van der Waals surface area contributed by atoms with Crippen LogP contribution in [0.1, 0.15) is 188 Å². The minimum absolute atomic E-state index is 0.122. The van der Waals surface area contributed by atoms with Crippen molar-refractivity contribution in [2.45, 2.75) is 194 Å². The van der Waals surface area contributed by atoms with E-state index in [1.54, 1.807) is 6.08 Å². The van der Waals surface area contributed by atoms with E-state index in [1.165, 1.54) is 51.4 Å². The maximum absolute atomic E-state index is 12.7. The molecule has 0 aliphatic rings. The van der Waals surface area contributed by atoms with Gasteiger partial charge in [-0.2, -0.15) is 0 Å². The van der Waals surface area contributed by atoms with Gasteiger partial charge in [-0.25, -0.2) is 0 Å². The lowest BCUT2D eigenvalue weighted by Gasteiger charge is -2.18. The van der Waals surface area contributed by atoms with Gasteiger partial charge in [-0.1, -0.05) is 182 Å². The van der Waals surface area contributed by atoms with Crippen molar-refractivity contribution >= 4 is 17.9 Å². The van der Waals surface area contributed by atoms with Crippen molar-refractivity contribution in [2.24, 2.45) is 0 Å². The maximum atomic E-state index is 12.7. The average molecular weight is 791 g/mol. The van der Waals surface area contributed by atoms with Crippen molar-refractivity contribution in [1.82, 2.24) is 0 Å². The number of esters is 3. The Kier molecular flexibility index (Phi) is 42.1. The Hall–Kier alpha value is -3.67. The fourth-order valence-corrected chi connectivity index (χ4v) is 5.74. The second-order valence-corrected chi connectivity index (χ2v) is 14.7. The number of rotatable bonds is 39. The Morgan fingerprint density at radius 1 is 0.404 bits per heavy atom. The van der Waals surface area contributed by atoms with Gasteiger partial charge in [0.15, 0.2) is 6.10 Å². The van der Waals surface area contributed by atoms with Crippen molar-refractivity contribution in [3.05, 3.63) is 97.2 Å². The zero-order valence-corrected chi connectivity index (χ0v) is 36.6. The van der Waals surface area contributed by atoms with Crippen LogP contribution in [0, 0.1) is 0 Å². The molecule has 0 bridgehead atoms. The molecule has 6 heteroatoms. The van der Waals surface area contributed by atoms with E-state index in [9.17, 15) is 14.4 Å². The molecule has 322 valence electrons. The Balaban J connectivity index is 4.48. The molecule has 57 heavy (non-hydrogen) atoms. The van der Waals surface area contributed by atoms with Gasteiger partial charge in [-0.15, -0.1) is 0 Å². The molecule has 0 saturated carbocycles. The summed E-state index contributed by atoms with van der Waals surface area (Å²) >= 11 is 0. The largest absolute Gasteiger partial charge is 0.462 e. The van der Waals surface area contributed by atoms with E-state index in [4.69, 9.17) is 14.2 Å². The van der Waals surface area contributed by atoms with Crippen LogP contribution in [0.15, 0.2) is 97.2 Å². The second-order valence-electron chi connectivity index (χ2n) is 14.7. The van der Waals surface area contributed by atoms with E-state index in [-0.39, 0.29) is 31.6 Å². The fourth-order valence-electron chi connectivity index (χ4n) is 5.74. The lowest BCUT2D eigenvalue weighted by atomic mass is 10.1. The smallest absolute Gasteiger partial charge is 0.309 e. The van der Waals surface area contributed by atoms with Crippen molar-refractivity contribution < 1.29 is 28.6 Å². The molecule has 0 rings (SSSR count). The third-order valence-corrected chi connectivity index (χ3v) is 9.17. The zero-order chi connectivity index (χ0) is 41.5. The van der Waals surface area contributed by atoms with Crippen LogP contribution in [0.4, 0.5) is 0 Å². The second kappa shape index (κ2) is 45.0. The number of carbonyl (C=O) groups is 3. The van der Waals surface area contributed by atoms with E-state index in [0.717, 1.165) is 96.3 Å². The number of carbonyl (C=O) groups excluding carboxylic acids is 3. The summed E-state index contributed by atoms with van der Waals surface area (Å²) in [5, 5.41) is 0. The predicted molar refractivity (Wildman–Crippen MR) is 242 cm³/mol. The van der Waals surface area contributed by atoms with E-state index < -0.39 is 12.1 Å². The molecule has 0 heterocycles. The molecule has 6 nitrogen and oxygen atoms in total. The van der Waals surface area contributed by atoms with Crippen molar-refractivity contribution in [2.75, 3.05) is 13.2 Å². The van der Waals surface area contributed by atoms with E-state index in [1.807, 2.05) is 6.08 Å². The molecule has 0 amide bonds. The molecule has 0 spiro atoms. The van der Waals surface area contributed by atoms with Gasteiger partial charge in [0.2, 0.25) is 0 Å². The predicted octanol–water partition coefficient (Wildman–Crippen LogP) is 14.6. The first kappa shape index (κ1) is 53.3. The number of hydrogen-bond donors (Lipinski definition) is 0. The summed E-state index contributed by atoms with van der Waals surface area (Å²) in [4.78, 5) is 37.6. The Labute approximate surface area is 349 Å². The summed E-state index contributed by atoms with van der Waals surface area (Å²) < 4.78 is 16.5. The summed E-state index contributed by atoms with van der Waals surface area (Å²) in [5.41, 5.74) is 0. The SMILES string of the molecule is CC/C=C\C/C=C\C/C=C\CC(=O)OCC(COC(=O)CCCCCCC\C=C/C=C\C=C/C=C\CCCCC)OC(=O)CCCCCCC/C=C\CCCCC. The van der Waals surface area contributed by atoms with Crippen LogP contribution in [0.3, 0.4) is 0 Å². The molecule has 0 fully saturated rings. The van der Waals surface area contributed by atoms with Crippen LogP contribution in [-0.4, -0.2) is 37.2 Å². The molecule has 0 radical (unpaired) electrons. The highest BCUT2D eigenvalue weighted by molar-refractivity contribution is 5.72. The normalized spacial score (nSPS) is 13.0. The fraction of sp³-hybridized carbons (Fsp3) is 0.627. The van der Waals surface area contributed by atoms with Crippen LogP contribution in [0.25, 0.3) is 0 Å². The topological polar surface area (TPSA) is 78.9 Å². The quantitative estimate of drug-likeness (QED) is 0.0203. The van der Waals surface area contributed by atoms with E-state index >= 15 is 0 Å². The van der Waals surface area contributed by atoms with Gasteiger partial charge in [-0.3, -0.25) is 14.4 Å². The lowest BCUT2D eigenvalue weighted by Crippen LogP contribution is -2.30. The molecule has 0 saturated heterocycles. The number of allylic oxidation sites excluding steroid dienone is 15. The summed E-state index contributed by atoms with van der Waals surface area (Å²) in [6.45, 7) is 6.30. The minimum Gasteiger partial charge on any atom is -0.462 e. The molecule has 0 aromatic heterocycles. The van der Waals surface area contributed by atoms with Crippen LogP contribution in [-0.2, 0) is 28.6 Å². The van der Waals surface area contributed by atoms with Crippen molar-refractivity contribution in [3.63, 3.8) is 0 Å². The van der Waals surface area contributed by atoms with Crippen LogP contribution < -0.4 is 0 Å². The van der Waals surface area contributed by atoms with Gasteiger partial charge in [0, 0.05) is 12.8 Å². The first-order valence-corrected chi connectivity index (χ1v) is 22.8. The molecule has 0 N–H and O–H groups in total. The first-order valence-electron chi connectivity index (χ1n) is 22.8. The van der Waals surface area contributed by atoms with Gasteiger partial charge in [0.05, 0.1) is 6.42 Å². The molecular weight excluding hydrogens is 709 g/mol. The van der Waals surface area contributed by atoms with Crippen molar-refractivity contribution in [3.8, 4) is 0 Å². The van der Waals surface area contributed by atoms with Gasteiger partial charge in [0.25, 0.3) is 0 Å². The Morgan fingerprint density at radius 3 is 1.37 bits per heavy atom. The van der Waals surface area contributed by atoms with Gasteiger partial charge >= 0.3 is 17.9 Å². The molecule has 0 aromatic carbocycles. The standard InChI is InChI=1S/C51H82O6/c1-4-7-10-13-16-19-21-23-24-25-26-27-28-30-32-35-38-41-44-50(53)56-47-48(46-55-49(52)43-40-37-34-31-18-15-12-9-6-3)57-51(54)45-42-39-36-33-29-22-20-17-14-11-8-5-2/h9,12,16-21,23-27,31,37,40,48H,4-8,10-11,13-15,22,28-30,32-36,38-39,41-47H2,1-3H3/b12-9-,19-16-,20-17-,23-21-,25-24-,27-26-,31-18-,40-37-. The van der Waals surface area contributed by atoms with E-state index in [2.05, 4.69) is 106 Å². The molecular formula is C51H82O6. The highest BCUT2D eigenvalue weighted by Gasteiger charge is 2.19. The lowest BCUT2D eigenvalue weighted by molar-refractivity contribution is -0.166. The Morgan fingerprint density at radius 2 is 0.825 bits per heavy atom. The molecule has 0 aliphatic carbocycles. The number of hydrogen-bond acceptors (Lipinski definition) is 6. The average Bonchev–Trinajstić information content (AvgIpc) is 3.21. The molecule has 0 aliphatic heterocycles. The molecule has 1 unspecified atom stereocenters. The van der Waals surface area contributed by atoms with Gasteiger partial charge in [-0.05, 0) is 83.5 Å². The van der Waals surface area contributed by atoms with Crippen molar-refractivity contribution in [1.29, 1.82) is 0 Å². The number of ether oxygens (including phenoxy) is 3. The summed E-state index contributed by atoms with van der Waals surface area (Å²) in [6, 6.07) is 0. The zero-order valence-electron chi connectivity index (χ0n) is 36.6.